The highest BCUT2D eigenvalue weighted by Crippen LogP contribution is 2.36. The van der Waals surface area contributed by atoms with Gasteiger partial charge in [-0.2, -0.15) is 5.10 Å². The van der Waals surface area contributed by atoms with Crippen LogP contribution in [0.4, 0.5) is 5.95 Å². The summed E-state index contributed by atoms with van der Waals surface area (Å²) in [6.45, 7) is 4.45. The van der Waals surface area contributed by atoms with Gasteiger partial charge in [-0.25, -0.2) is 4.98 Å². The van der Waals surface area contributed by atoms with Crippen LogP contribution in [0.5, 0.6) is 0 Å². The Kier molecular flexibility index (Phi) is 3.50. The van der Waals surface area contributed by atoms with Crippen molar-refractivity contribution in [2.75, 3.05) is 11.9 Å². The van der Waals surface area contributed by atoms with Crippen LogP contribution in [0.2, 0.25) is 0 Å². The maximum absolute atomic E-state index is 12.4. The Morgan fingerprint density at radius 2 is 2.29 bits per heavy atom. The summed E-state index contributed by atoms with van der Waals surface area (Å²) in [6, 6.07) is 0. The second-order valence-electron chi connectivity index (χ2n) is 5.40. The SMILES string of the molecule is Cc1cnc(NC(=O)[C@H]2CCO[C@@H]2c2cnn(C)c2C)[nH]1. The van der Waals surface area contributed by atoms with E-state index in [0.29, 0.717) is 19.0 Å². The predicted octanol–water partition coefficient (Wildman–Crippen LogP) is 1.48. The lowest BCUT2D eigenvalue weighted by Gasteiger charge is -2.17. The molecule has 0 aliphatic carbocycles. The molecule has 2 aromatic rings. The summed E-state index contributed by atoms with van der Waals surface area (Å²) in [6.07, 6.45) is 3.92. The first-order chi connectivity index (χ1) is 10.1. The van der Waals surface area contributed by atoms with Gasteiger partial charge in [0.1, 0.15) is 0 Å². The minimum atomic E-state index is -0.241. The zero-order valence-electron chi connectivity index (χ0n) is 12.4. The van der Waals surface area contributed by atoms with E-state index in [1.807, 2.05) is 20.9 Å². The fourth-order valence-corrected chi connectivity index (χ4v) is 2.65. The summed E-state index contributed by atoms with van der Waals surface area (Å²) in [7, 11) is 1.88. The molecular weight excluding hydrogens is 270 g/mol. The van der Waals surface area contributed by atoms with Crippen LogP contribution in [0, 0.1) is 19.8 Å². The van der Waals surface area contributed by atoms with Crippen LogP contribution < -0.4 is 5.32 Å². The van der Waals surface area contributed by atoms with Crippen molar-refractivity contribution in [3.8, 4) is 0 Å². The van der Waals surface area contributed by atoms with Gasteiger partial charge in [-0.15, -0.1) is 0 Å². The number of amides is 1. The molecule has 112 valence electrons. The number of imidazole rings is 1. The summed E-state index contributed by atoms with van der Waals surface area (Å²) < 4.78 is 7.56. The number of hydrogen-bond donors (Lipinski definition) is 2. The Bertz CT molecular complexity index is 660. The topological polar surface area (TPSA) is 84.8 Å². The third-order valence-electron chi connectivity index (χ3n) is 3.95. The summed E-state index contributed by atoms with van der Waals surface area (Å²) in [4.78, 5) is 19.5. The molecule has 0 aromatic carbocycles. The largest absolute Gasteiger partial charge is 0.373 e. The number of hydrogen-bond acceptors (Lipinski definition) is 4. The Labute approximate surface area is 122 Å². The number of carbonyl (C=O) groups is 1. The van der Waals surface area contributed by atoms with Gasteiger partial charge in [0.05, 0.1) is 18.2 Å². The lowest BCUT2D eigenvalue weighted by molar-refractivity contribution is -0.121. The summed E-state index contributed by atoms with van der Waals surface area (Å²) in [5, 5.41) is 7.05. The number of nitrogens with one attached hydrogen (secondary N) is 2. The number of anilines is 1. The summed E-state index contributed by atoms with van der Waals surface area (Å²) >= 11 is 0. The van der Waals surface area contributed by atoms with Gasteiger partial charge in [0.2, 0.25) is 11.9 Å². The Hall–Kier alpha value is -2.15. The van der Waals surface area contributed by atoms with Crippen molar-refractivity contribution in [2.45, 2.75) is 26.4 Å². The van der Waals surface area contributed by atoms with E-state index in [0.717, 1.165) is 17.0 Å². The zero-order valence-corrected chi connectivity index (χ0v) is 12.4. The van der Waals surface area contributed by atoms with E-state index in [4.69, 9.17) is 4.74 Å². The monoisotopic (exact) mass is 289 g/mol. The highest BCUT2D eigenvalue weighted by molar-refractivity contribution is 5.91. The molecule has 3 rings (SSSR count). The second kappa shape index (κ2) is 5.33. The van der Waals surface area contributed by atoms with Crippen LogP contribution in [0.25, 0.3) is 0 Å². The van der Waals surface area contributed by atoms with Crippen molar-refractivity contribution in [2.24, 2.45) is 13.0 Å². The van der Waals surface area contributed by atoms with Crippen LogP contribution in [-0.2, 0) is 16.6 Å². The molecule has 1 saturated heterocycles. The number of aryl methyl sites for hydroxylation is 2. The quantitative estimate of drug-likeness (QED) is 0.896. The van der Waals surface area contributed by atoms with E-state index < -0.39 is 0 Å². The van der Waals surface area contributed by atoms with Crippen molar-refractivity contribution in [3.63, 3.8) is 0 Å². The molecule has 7 nitrogen and oxygen atoms in total. The Morgan fingerprint density at radius 3 is 2.90 bits per heavy atom. The molecule has 1 aliphatic rings. The van der Waals surface area contributed by atoms with Crippen molar-refractivity contribution in [1.29, 1.82) is 0 Å². The Balaban J connectivity index is 1.77. The van der Waals surface area contributed by atoms with E-state index >= 15 is 0 Å². The maximum Gasteiger partial charge on any atom is 0.232 e. The lowest BCUT2D eigenvalue weighted by atomic mass is 9.95. The van der Waals surface area contributed by atoms with Gasteiger partial charge in [-0.05, 0) is 20.3 Å². The molecule has 1 aliphatic heterocycles. The first-order valence-corrected chi connectivity index (χ1v) is 6.99. The zero-order chi connectivity index (χ0) is 15.0. The van der Waals surface area contributed by atoms with Crippen molar-refractivity contribution in [1.82, 2.24) is 19.7 Å². The molecule has 0 spiro atoms. The molecule has 3 heterocycles. The van der Waals surface area contributed by atoms with Crippen molar-refractivity contribution < 1.29 is 9.53 Å². The molecular formula is C14H19N5O2. The highest BCUT2D eigenvalue weighted by atomic mass is 16.5. The van der Waals surface area contributed by atoms with Crippen LogP contribution in [0.3, 0.4) is 0 Å². The van der Waals surface area contributed by atoms with E-state index in [9.17, 15) is 4.79 Å². The number of ether oxygens (including phenoxy) is 1. The van der Waals surface area contributed by atoms with E-state index in [-0.39, 0.29) is 17.9 Å². The number of rotatable bonds is 3. The van der Waals surface area contributed by atoms with Gasteiger partial charge in [-0.3, -0.25) is 14.8 Å². The minimum Gasteiger partial charge on any atom is -0.373 e. The lowest BCUT2D eigenvalue weighted by Crippen LogP contribution is -2.26. The molecule has 7 heteroatoms. The molecule has 2 N–H and O–H groups in total. The molecule has 0 radical (unpaired) electrons. The van der Waals surface area contributed by atoms with Crippen LogP contribution in [0.15, 0.2) is 12.4 Å². The van der Waals surface area contributed by atoms with Gasteiger partial charge in [0.15, 0.2) is 0 Å². The summed E-state index contributed by atoms with van der Waals surface area (Å²) in [5.41, 5.74) is 2.91. The number of carbonyl (C=O) groups excluding carboxylic acids is 1. The Morgan fingerprint density at radius 1 is 1.48 bits per heavy atom. The molecule has 1 amide bonds. The van der Waals surface area contributed by atoms with Crippen LogP contribution >= 0.6 is 0 Å². The molecule has 2 atom stereocenters. The highest BCUT2D eigenvalue weighted by Gasteiger charge is 2.37. The van der Waals surface area contributed by atoms with E-state index in [2.05, 4.69) is 20.4 Å². The van der Waals surface area contributed by atoms with E-state index in [1.54, 1.807) is 17.1 Å². The van der Waals surface area contributed by atoms with Gasteiger partial charge in [0, 0.05) is 36.8 Å². The number of H-pyrrole nitrogens is 1. The first-order valence-electron chi connectivity index (χ1n) is 6.99. The van der Waals surface area contributed by atoms with Gasteiger partial charge < -0.3 is 9.72 Å². The predicted molar refractivity (Wildman–Crippen MR) is 76.7 cm³/mol. The molecule has 0 bridgehead atoms. The molecule has 2 aromatic heterocycles. The van der Waals surface area contributed by atoms with Gasteiger partial charge in [-0.1, -0.05) is 0 Å². The average Bonchev–Trinajstić information content (AvgIpc) is 3.13. The molecule has 0 saturated carbocycles. The summed E-state index contributed by atoms with van der Waals surface area (Å²) in [5.74, 6) is 0.180. The van der Waals surface area contributed by atoms with Crippen molar-refractivity contribution >= 4 is 11.9 Å². The third-order valence-corrected chi connectivity index (χ3v) is 3.95. The van der Waals surface area contributed by atoms with Crippen LogP contribution in [0.1, 0.15) is 29.5 Å². The number of aromatic nitrogens is 4. The number of aromatic amines is 1. The van der Waals surface area contributed by atoms with Gasteiger partial charge in [0.25, 0.3) is 0 Å². The first kappa shape index (κ1) is 13.8. The third kappa shape index (κ3) is 2.56. The fraction of sp³-hybridized carbons (Fsp3) is 0.500. The second-order valence-corrected chi connectivity index (χ2v) is 5.40. The van der Waals surface area contributed by atoms with E-state index in [1.165, 1.54) is 0 Å². The average molecular weight is 289 g/mol. The standard InChI is InChI=1S/C14H19N5O2/c1-8-6-15-14(17-8)18-13(20)10-4-5-21-12(10)11-7-16-19(3)9(11)2/h6-7,10,12H,4-5H2,1-3H3,(H2,15,17,18,20)/t10-,12-/m0/s1. The normalized spacial score (nSPS) is 21.7. The number of nitrogens with zero attached hydrogens (tertiary/aromatic N) is 3. The fourth-order valence-electron chi connectivity index (χ4n) is 2.65. The van der Waals surface area contributed by atoms with Crippen molar-refractivity contribution in [3.05, 3.63) is 29.3 Å². The van der Waals surface area contributed by atoms with Crippen LogP contribution in [-0.4, -0.2) is 32.3 Å². The van der Waals surface area contributed by atoms with Gasteiger partial charge >= 0.3 is 0 Å². The smallest absolute Gasteiger partial charge is 0.232 e. The molecule has 0 unspecified atom stereocenters. The maximum atomic E-state index is 12.4. The molecule has 21 heavy (non-hydrogen) atoms. The minimum absolute atomic E-state index is 0.0740. The molecule has 1 fully saturated rings.